The van der Waals surface area contributed by atoms with E-state index in [9.17, 15) is 9.90 Å². The maximum Gasteiger partial charge on any atom is 0.261 e. The number of carbonyl (C=O) groups is 1. The number of aryl methyl sites for hydroxylation is 2. The van der Waals surface area contributed by atoms with Crippen LogP contribution in [-0.2, 0) is 7.05 Å². The van der Waals surface area contributed by atoms with Crippen molar-refractivity contribution in [2.45, 2.75) is 77.0 Å². The summed E-state index contributed by atoms with van der Waals surface area (Å²) in [5, 5.41) is 18.0. The lowest BCUT2D eigenvalue weighted by Gasteiger charge is -2.42. The zero-order valence-electron chi connectivity index (χ0n) is 28.8. The normalized spacial score (nSPS) is 23.2. The van der Waals surface area contributed by atoms with E-state index in [1.807, 2.05) is 19.9 Å². The van der Waals surface area contributed by atoms with Gasteiger partial charge in [-0.3, -0.25) is 19.7 Å². The highest BCUT2D eigenvalue weighted by atomic mass is 19.1. The third kappa shape index (κ3) is 6.33. The van der Waals surface area contributed by atoms with E-state index in [1.165, 1.54) is 6.07 Å². The molecule has 4 aromatic rings. The van der Waals surface area contributed by atoms with Crippen LogP contribution in [0.4, 0.5) is 16.0 Å². The number of rotatable bonds is 6. The second kappa shape index (κ2) is 12.9. The number of imidazole rings is 1. The Balaban J connectivity index is 1.18. The number of fused-ring (bicyclic) bond motifs is 1. The average molecular weight is 658 g/mol. The van der Waals surface area contributed by atoms with E-state index in [0.717, 1.165) is 87.4 Å². The fourth-order valence-corrected chi connectivity index (χ4v) is 7.80. The van der Waals surface area contributed by atoms with Gasteiger partial charge in [-0.15, -0.1) is 0 Å². The number of piperidine rings is 1. The van der Waals surface area contributed by atoms with Crippen molar-refractivity contribution in [1.29, 1.82) is 0 Å². The average Bonchev–Trinajstić information content (AvgIpc) is 3.60. The second-order valence-electron chi connectivity index (χ2n) is 14.5. The third-order valence-corrected chi connectivity index (χ3v) is 11.0. The summed E-state index contributed by atoms with van der Waals surface area (Å²) in [5.74, 6) is -0.875. The maximum atomic E-state index is 16.0. The highest BCUT2D eigenvalue weighted by Crippen LogP contribution is 2.39. The summed E-state index contributed by atoms with van der Waals surface area (Å²) in [4.78, 5) is 30.7. The molecule has 1 saturated carbocycles. The number of benzene rings is 1. The van der Waals surface area contributed by atoms with Gasteiger partial charge in [0.2, 0.25) is 5.95 Å². The predicted molar refractivity (Wildman–Crippen MR) is 186 cm³/mol. The minimum absolute atomic E-state index is 0.0290. The number of hydrogen-bond acceptors (Lipinski definition) is 8. The highest BCUT2D eigenvalue weighted by Gasteiger charge is 2.33. The van der Waals surface area contributed by atoms with Gasteiger partial charge in [-0.05, 0) is 90.6 Å². The van der Waals surface area contributed by atoms with Gasteiger partial charge in [-0.25, -0.2) is 14.4 Å². The van der Waals surface area contributed by atoms with E-state index < -0.39 is 17.3 Å². The number of piperazine rings is 1. The minimum atomic E-state index is -0.714. The molecule has 0 atom stereocenters. The van der Waals surface area contributed by atoms with E-state index in [0.29, 0.717) is 36.1 Å². The molecule has 1 amide bonds. The first-order valence-corrected chi connectivity index (χ1v) is 17.4. The Morgan fingerprint density at radius 2 is 1.67 bits per heavy atom. The molecule has 256 valence electrons. The number of aliphatic hydroxyl groups is 1. The Hall–Kier alpha value is -3.87. The van der Waals surface area contributed by atoms with Gasteiger partial charge in [0.25, 0.3) is 5.91 Å². The van der Waals surface area contributed by atoms with Gasteiger partial charge in [0.15, 0.2) is 5.82 Å². The number of pyridine rings is 1. The van der Waals surface area contributed by atoms with Gasteiger partial charge in [0.05, 0.1) is 28.4 Å². The maximum absolute atomic E-state index is 16.0. The molecular weight excluding hydrogens is 609 g/mol. The molecule has 2 N–H and O–H groups in total. The molecule has 3 aliphatic rings. The molecule has 1 aromatic carbocycles. The number of anilines is 2. The lowest BCUT2D eigenvalue weighted by molar-refractivity contribution is 0.0106. The van der Waals surface area contributed by atoms with Crippen molar-refractivity contribution in [2.75, 3.05) is 56.5 Å². The highest BCUT2D eigenvalue weighted by molar-refractivity contribution is 6.05. The Bertz CT molecular complexity index is 1810. The van der Waals surface area contributed by atoms with Crippen LogP contribution in [0.3, 0.4) is 0 Å². The van der Waals surface area contributed by atoms with E-state index in [-0.39, 0.29) is 17.3 Å². The molecule has 48 heavy (non-hydrogen) atoms. The van der Waals surface area contributed by atoms with Crippen LogP contribution in [-0.4, -0.2) is 103 Å². The van der Waals surface area contributed by atoms with Gasteiger partial charge in [0.1, 0.15) is 5.69 Å². The largest absolute Gasteiger partial charge is 0.390 e. The molecule has 11 nitrogen and oxygen atoms in total. The Morgan fingerprint density at radius 1 is 0.958 bits per heavy atom. The lowest BCUT2D eigenvalue weighted by atomic mass is 9.83. The van der Waals surface area contributed by atoms with Gasteiger partial charge < -0.3 is 19.5 Å². The lowest BCUT2D eigenvalue weighted by Crippen LogP contribution is -2.52. The van der Waals surface area contributed by atoms with E-state index >= 15 is 4.39 Å². The van der Waals surface area contributed by atoms with Gasteiger partial charge in [-0.2, -0.15) is 5.10 Å². The van der Waals surface area contributed by atoms with Crippen molar-refractivity contribution in [2.24, 2.45) is 7.05 Å². The van der Waals surface area contributed by atoms with Gasteiger partial charge in [-0.1, -0.05) is 0 Å². The topological polar surface area (TPSA) is 108 Å². The molecule has 0 unspecified atom stereocenters. The van der Waals surface area contributed by atoms with Crippen LogP contribution in [0.25, 0.3) is 22.3 Å². The van der Waals surface area contributed by atoms with Crippen LogP contribution >= 0.6 is 0 Å². The summed E-state index contributed by atoms with van der Waals surface area (Å²) in [5.41, 5.74) is 4.00. The summed E-state index contributed by atoms with van der Waals surface area (Å²) in [6, 6.07) is 8.49. The second-order valence-corrected chi connectivity index (χ2v) is 14.5. The van der Waals surface area contributed by atoms with Crippen LogP contribution in [0.1, 0.15) is 73.2 Å². The standard InChI is InChI=1S/C36H48FN9O2/c1-23-20-28(32(37)33(39-23)29-22-38-43(5)24(29)2)34(47)41-35-40-30-7-6-27(21-31(30)46(35)26-8-12-36(3,48)13-9-26)44-14-10-25(11-15-44)45-18-16-42(4)17-19-45/h6-7,20-22,25-26,48H,8-19H2,1-5H3,(H,40,41,47)/t26-,36+. The molecule has 5 heterocycles. The fraction of sp³-hybridized carbons (Fsp3) is 0.556. The van der Waals surface area contributed by atoms with Crippen LogP contribution in [0.5, 0.6) is 0 Å². The molecule has 0 radical (unpaired) electrons. The van der Waals surface area contributed by atoms with Crippen molar-refractivity contribution in [3.8, 4) is 11.3 Å². The van der Waals surface area contributed by atoms with Gasteiger partial charge >= 0.3 is 0 Å². The number of hydrogen-bond donors (Lipinski definition) is 2. The summed E-state index contributed by atoms with van der Waals surface area (Å²) < 4.78 is 19.8. The molecule has 2 aliphatic heterocycles. The summed E-state index contributed by atoms with van der Waals surface area (Å²) in [6.07, 6.45) is 6.64. The Morgan fingerprint density at radius 3 is 2.33 bits per heavy atom. The number of amides is 1. The van der Waals surface area contributed by atoms with Gasteiger partial charge in [0, 0.05) is 81.0 Å². The van der Waals surface area contributed by atoms with Crippen molar-refractivity contribution in [3.05, 3.63) is 53.2 Å². The fourth-order valence-electron chi connectivity index (χ4n) is 7.80. The Labute approximate surface area is 281 Å². The number of nitrogens with zero attached hydrogens (tertiary/aromatic N) is 8. The molecule has 12 heteroatoms. The number of nitrogens with one attached hydrogen (secondary N) is 1. The van der Waals surface area contributed by atoms with Crippen molar-refractivity contribution in [3.63, 3.8) is 0 Å². The number of likely N-dealkylation sites (N-methyl/N-ethyl adjacent to an activating group) is 1. The SMILES string of the molecule is Cc1cc(C(=O)Nc2nc3ccc(N4CCC(N5CCN(C)CC5)CC4)cc3n2[C@H]2CC[C@@](C)(O)CC2)c(F)c(-c2cnn(C)c2C)n1. The van der Waals surface area contributed by atoms with Crippen molar-refractivity contribution in [1.82, 2.24) is 34.1 Å². The third-order valence-electron chi connectivity index (χ3n) is 11.0. The number of halogens is 1. The van der Waals surface area contributed by atoms with E-state index in [2.05, 4.69) is 53.8 Å². The molecule has 7 rings (SSSR count). The molecule has 3 aromatic heterocycles. The summed E-state index contributed by atoms with van der Waals surface area (Å²) in [7, 11) is 3.99. The van der Waals surface area contributed by atoms with Crippen molar-refractivity contribution >= 4 is 28.6 Å². The molecule has 0 spiro atoms. The summed E-state index contributed by atoms with van der Waals surface area (Å²) in [6.45, 7) is 12.0. The van der Waals surface area contributed by atoms with E-state index in [4.69, 9.17) is 4.98 Å². The molecule has 1 aliphatic carbocycles. The smallest absolute Gasteiger partial charge is 0.261 e. The zero-order chi connectivity index (χ0) is 33.7. The zero-order valence-corrected chi connectivity index (χ0v) is 28.8. The first-order chi connectivity index (χ1) is 23.0. The van der Waals surface area contributed by atoms with Crippen LogP contribution < -0.4 is 10.2 Å². The monoisotopic (exact) mass is 657 g/mol. The first kappa shape index (κ1) is 32.7. The number of aromatic nitrogens is 5. The minimum Gasteiger partial charge on any atom is -0.390 e. The van der Waals surface area contributed by atoms with Crippen LogP contribution in [0.2, 0.25) is 0 Å². The predicted octanol–water partition coefficient (Wildman–Crippen LogP) is 4.92. The summed E-state index contributed by atoms with van der Waals surface area (Å²) >= 11 is 0. The molecule has 3 fully saturated rings. The first-order valence-electron chi connectivity index (χ1n) is 17.4. The Kier molecular flexibility index (Phi) is 8.76. The molecule has 2 saturated heterocycles. The van der Waals surface area contributed by atoms with Crippen LogP contribution in [0.15, 0.2) is 30.5 Å². The van der Waals surface area contributed by atoms with E-state index in [1.54, 1.807) is 24.9 Å². The molecule has 0 bridgehead atoms. The van der Waals surface area contributed by atoms with Crippen molar-refractivity contribution < 1.29 is 14.3 Å². The molecular formula is C36H48FN9O2. The van der Waals surface area contributed by atoms with Crippen LogP contribution in [0, 0.1) is 19.7 Å². The number of carbonyl (C=O) groups excluding carboxylic acids is 1. The quantitative estimate of drug-likeness (QED) is 0.301.